The summed E-state index contributed by atoms with van der Waals surface area (Å²) in [5, 5.41) is 0.794. The fraction of sp³-hybridized carbons (Fsp3) is 0.294. The molecule has 20 heavy (non-hydrogen) atoms. The molecule has 0 aliphatic heterocycles. The van der Waals surface area contributed by atoms with Gasteiger partial charge in [0.2, 0.25) is 0 Å². The molecule has 0 spiro atoms. The van der Waals surface area contributed by atoms with Gasteiger partial charge < -0.3 is 4.74 Å². The van der Waals surface area contributed by atoms with Crippen LogP contribution < -0.4 is 4.74 Å². The van der Waals surface area contributed by atoms with Crippen molar-refractivity contribution in [1.29, 1.82) is 0 Å². The standard InChI is InChI=1S/C17H18Cl2O/c18-13-14(16-10-4-5-11-17(16)19)7-6-12-20-15-8-2-1-3-9-15/h1-5,8-11,14H,6-7,12-13H2. The normalized spacial score (nSPS) is 12.1. The van der Waals surface area contributed by atoms with Gasteiger partial charge in [-0.05, 0) is 42.5 Å². The highest BCUT2D eigenvalue weighted by Gasteiger charge is 2.13. The lowest BCUT2D eigenvalue weighted by Crippen LogP contribution is -2.05. The van der Waals surface area contributed by atoms with Gasteiger partial charge in [-0.1, -0.05) is 48.0 Å². The number of ether oxygens (including phenoxy) is 1. The van der Waals surface area contributed by atoms with Crippen LogP contribution in [-0.2, 0) is 0 Å². The van der Waals surface area contributed by atoms with Gasteiger partial charge in [-0.2, -0.15) is 0 Å². The average molecular weight is 309 g/mol. The van der Waals surface area contributed by atoms with E-state index in [9.17, 15) is 0 Å². The molecular formula is C17H18Cl2O. The summed E-state index contributed by atoms with van der Waals surface area (Å²) < 4.78 is 5.69. The largest absolute Gasteiger partial charge is 0.494 e. The van der Waals surface area contributed by atoms with Crippen molar-refractivity contribution in [2.24, 2.45) is 0 Å². The Morgan fingerprint density at radius 2 is 1.65 bits per heavy atom. The van der Waals surface area contributed by atoms with E-state index in [1.807, 2.05) is 54.6 Å². The first-order valence-electron chi connectivity index (χ1n) is 6.79. The number of para-hydroxylation sites is 1. The Morgan fingerprint density at radius 3 is 2.35 bits per heavy atom. The molecule has 0 heterocycles. The van der Waals surface area contributed by atoms with Crippen LogP contribution in [0.5, 0.6) is 5.75 Å². The Balaban J connectivity index is 1.81. The summed E-state index contributed by atoms with van der Waals surface area (Å²) in [7, 11) is 0. The number of hydrogen-bond donors (Lipinski definition) is 0. The third kappa shape index (κ3) is 4.43. The molecule has 0 N–H and O–H groups in total. The average Bonchev–Trinajstić information content (AvgIpc) is 2.50. The minimum atomic E-state index is 0.282. The van der Waals surface area contributed by atoms with E-state index in [1.54, 1.807) is 0 Å². The van der Waals surface area contributed by atoms with Crippen molar-refractivity contribution < 1.29 is 4.74 Å². The molecule has 0 amide bonds. The molecule has 2 rings (SSSR count). The van der Waals surface area contributed by atoms with Crippen molar-refractivity contribution in [3.8, 4) is 5.75 Å². The molecule has 2 aromatic rings. The third-order valence-corrected chi connectivity index (χ3v) is 3.96. The summed E-state index contributed by atoms with van der Waals surface area (Å²) in [4.78, 5) is 0. The smallest absolute Gasteiger partial charge is 0.119 e. The summed E-state index contributed by atoms with van der Waals surface area (Å²) in [6.07, 6.45) is 1.93. The maximum atomic E-state index is 6.22. The summed E-state index contributed by atoms with van der Waals surface area (Å²) in [5.74, 6) is 1.77. The predicted molar refractivity (Wildman–Crippen MR) is 86.1 cm³/mol. The van der Waals surface area contributed by atoms with Crippen molar-refractivity contribution in [1.82, 2.24) is 0 Å². The van der Waals surface area contributed by atoms with Gasteiger partial charge in [0.15, 0.2) is 0 Å². The molecule has 1 unspecified atom stereocenters. The van der Waals surface area contributed by atoms with E-state index in [0.717, 1.165) is 29.2 Å². The van der Waals surface area contributed by atoms with E-state index >= 15 is 0 Å². The zero-order valence-corrected chi connectivity index (χ0v) is 12.8. The van der Waals surface area contributed by atoms with Crippen molar-refractivity contribution in [3.05, 3.63) is 65.2 Å². The van der Waals surface area contributed by atoms with Crippen LogP contribution in [0.15, 0.2) is 54.6 Å². The summed E-state index contributed by atoms with van der Waals surface area (Å²) in [6, 6.07) is 17.8. The highest BCUT2D eigenvalue weighted by Crippen LogP contribution is 2.29. The molecule has 0 fully saturated rings. The molecule has 0 bridgehead atoms. The second-order valence-electron chi connectivity index (χ2n) is 4.68. The molecule has 0 saturated heterocycles. The molecule has 0 aliphatic rings. The maximum Gasteiger partial charge on any atom is 0.119 e. The van der Waals surface area contributed by atoms with Gasteiger partial charge in [-0.25, -0.2) is 0 Å². The van der Waals surface area contributed by atoms with Crippen LogP contribution in [0.3, 0.4) is 0 Å². The van der Waals surface area contributed by atoms with Crippen LogP contribution in [0.25, 0.3) is 0 Å². The van der Waals surface area contributed by atoms with Crippen LogP contribution in [0, 0.1) is 0 Å². The number of alkyl halides is 1. The molecule has 2 aromatic carbocycles. The maximum absolute atomic E-state index is 6.22. The van der Waals surface area contributed by atoms with E-state index in [2.05, 4.69) is 0 Å². The van der Waals surface area contributed by atoms with E-state index in [1.165, 1.54) is 0 Å². The monoisotopic (exact) mass is 308 g/mol. The van der Waals surface area contributed by atoms with Crippen LogP contribution in [-0.4, -0.2) is 12.5 Å². The molecule has 3 heteroatoms. The molecule has 1 nitrogen and oxygen atoms in total. The molecule has 1 atom stereocenters. The van der Waals surface area contributed by atoms with Gasteiger partial charge in [-0.3, -0.25) is 0 Å². The molecule has 106 valence electrons. The van der Waals surface area contributed by atoms with Crippen molar-refractivity contribution in [2.75, 3.05) is 12.5 Å². The van der Waals surface area contributed by atoms with E-state index in [0.29, 0.717) is 12.5 Å². The minimum absolute atomic E-state index is 0.282. The summed E-state index contributed by atoms with van der Waals surface area (Å²) >= 11 is 12.3. The zero-order valence-electron chi connectivity index (χ0n) is 11.3. The van der Waals surface area contributed by atoms with Crippen molar-refractivity contribution in [3.63, 3.8) is 0 Å². The summed E-state index contributed by atoms with van der Waals surface area (Å²) in [6.45, 7) is 0.696. The van der Waals surface area contributed by atoms with Crippen molar-refractivity contribution in [2.45, 2.75) is 18.8 Å². The third-order valence-electron chi connectivity index (χ3n) is 3.24. The van der Waals surface area contributed by atoms with Gasteiger partial charge in [-0.15, -0.1) is 11.6 Å². The number of rotatable bonds is 7. The van der Waals surface area contributed by atoms with Crippen LogP contribution in [0.2, 0.25) is 5.02 Å². The Kier molecular flexibility index (Phi) is 6.23. The quantitative estimate of drug-likeness (QED) is 0.483. The van der Waals surface area contributed by atoms with Crippen LogP contribution in [0.1, 0.15) is 24.3 Å². The fourth-order valence-corrected chi connectivity index (χ4v) is 2.77. The molecular weight excluding hydrogens is 291 g/mol. The summed E-state index contributed by atoms with van der Waals surface area (Å²) in [5.41, 5.74) is 1.13. The highest BCUT2D eigenvalue weighted by atomic mass is 35.5. The van der Waals surface area contributed by atoms with Gasteiger partial charge >= 0.3 is 0 Å². The second kappa shape index (κ2) is 8.18. The Hall–Kier alpha value is -1.18. The first-order valence-corrected chi connectivity index (χ1v) is 7.70. The highest BCUT2D eigenvalue weighted by molar-refractivity contribution is 6.31. The number of hydrogen-bond acceptors (Lipinski definition) is 1. The zero-order chi connectivity index (χ0) is 14.2. The first-order chi connectivity index (χ1) is 9.81. The lowest BCUT2D eigenvalue weighted by atomic mass is 9.96. The lowest BCUT2D eigenvalue weighted by molar-refractivity contribution is 0.303. The fourth-order valence-electron chi connectivity index (χ4n) is 2.16. The molecule has 0 radical (unpaired) electrons. The van der Waals surface area contributed by atoms with Crippen LogP contribution >= 0.6 is 23.2 Å². The molecule has 0 saturated carbocycles. The van der Waals surface area contributed by atoms with E-state index < -0.39 is 0 Å². The van der Waals surface area contributed by atoms with E-state index in [-0.39, 0.29) is 5.92 Å². The topological polar surface area (TPSA) is 9.23 Å². The first kappa shape index (κ1) is 15.2. The lowest BCUT2D eigenvalue weighted by Gasteiger charge is -2.16. The predicted octanol–water partition coefficient (Wildman–Crippen LogP) is 5.52. The molecule has 0 aromatic heterocycles. The SMILES string of the molecule is ClCC(CCCOc1ccccc1)c1ccccc1Cl. The Morgan fingerprint density at radius 1 is 0.950 bits per heavy atom. The van der Waals surface area contributed by atoms with Gasteiger partial charge in [0, 0.05) is 10.9 Å². The Bertz CT molecular complexity index is 513. The molecule has 0 aliphatic carbocycles. The van der Waals surface area contributed by atoms with Crippen molar-refractivity contribution >= 4 is 23.2 Å². The van der Waals surface area contributed by atoms with Gasteiger partial charge in [0.25, 0.3) is 0 Å². The number of benzene rings is 2. The minimum Gasteiger partial charge on any atom is -0.494 e. The number of halogens is 2. The van der Waals surface area contributed by atoms with Gasteiger partial charge in [0.05, 0.1) is 6.61 Å². The Labute approximate surface area is 130 Å². The van der Waals surface area contributed by atoms with E-state index in [4.69, 9.17) is 27.9 Å². The van der Waals surface area contributed by atoms with Crippen LogP contribution in [0.4, 0.5) is 0 Å². The second-order valence-corrected chi connectivity index (χ2v) is 5.39. The van der Waals surface area contributed by atoms with Gasteiger partial charge in [0.1, 0.15) is 5.75 Å².